The van der Waals surface area contributed by atoms with Gasteiger partial charge in [-0.05, 0) is 31.1 Å². The molecule has 1 saturated heterocycles. The molecule has 3 atom stereocenters. The topological polar surface area (TPSA) is 82.4 Å². The summed E-state index contributed by atoms with van der Waals surface area (Å²) < 4.78 is 34.2. The SMILES string of the molecule is C[C@H](C#N)CN(C)S(=O)(=O)NC[C@H]1CCCO[C@H]1C(C)(C)C. The zero-order valence-corrected chi connectivity index (χ0v) is 15.1. The highest BCUT2D eigenvalue weighted by atomic mass is 32.2. The van der Waals surface area contributed by atoms with E-state index in [-0.39, 0.29) is 29.9 Å². The Balaban J connectivity index is 2.64. The largest absolute Gasteiger partial charge is 0.377 e. The van der Waals surface area contributed by atoms with Crippen LogP contribution in [0.4, 0.5) is 0 Å². The van der Waals surface area contributed by atoms with Gasteiger partial charge in [0.1, 0.15) is 0 Å². The summed E-state index contributed by atoms with van der Waals surface area (Å²) in [7, 11) is -2.06. The van der Waals surface area contributed by atoms with Crippen LogP contribution in [0.15, 0.2) is 0 Å². The minimum absolute atomic E-state index is 0.0161. The molecule has 0 bridgehead atoms. The third kappa shape index (κ3) is 5.51. The molecule has 0 aliphatic carbocycles. The van der Waals surface area contributed by atoms with Crippen molar-refractivity contribution in [1.82, 2.24) is 9.03 Å². The lowest BCUT2D eigenvalue weighted by atomic mass is 9.78. The number of hydrogen-bond acceptors (Lipinski definition) is 4. The van der Waals surface area contributed by atoms with Gasteiger partial charge in [0, 0.05) is 26.7 Å². The minimum Gasteiger partial charge on any atom is -0.377 e. The van der Waals surface area contributed by atoms with Crippen molar-refractivity contribution in [3.8, 4) is 6.07 Å². The molecule has 1 aliphatic rings. The summed E-state index contributed by atoms with van der Waals surface area (Å²) in [6, 6.07) is 2.05. The lowest BCUT2D eigenvalue weighted by molar-refractivity contribution is -0.0833. The van der Waals surface area contributed by atoms with Gasteiger partial charge in [-0.25, -0.2) is 4.72 Å². The van der Waals surface area contributed by atoms with Gasteiger partial charge in [0.2, 0.25) is 0 Å². The molecule has 1 fully saturated rings. The molecule has 0 amide bonds. The van der Waals surface area contributed by atoms with Crippen LogP contribution < -0.4 is 4.72 Å². The highest BCUT2D eigenvalue weighted by Gasteiger charge is 2.36. The fourth-order valence-corrected chi connectivity index (χ4v) is 3.92. The Morgan fingerprint density at radius 1 is 1.45 bits per heavy atom. The molecule has 0 aromatic carbocycles. The predicted octanol–water partition coefficient (Wildman–Crippen LogP) is 1.75. The fraction of sp³-hybridized carbons (Fsp3) is 0.933. The zero-order chi connectivity index (χ0) is 17.0. The summed E-state index contributed by atoms with van der Waals surface area (Å²) in [5.74, 6) is -0.160. The smallest absolute Gasteiger partial charge is 0.279 e. The lowest BCUT2D eigenvalue weighted by Crippen LogP contribution is -2.48. The van der Waals surface area contributed by atoms with E-state index in [1.54, 1.807) is 6.92 Å². The number of nitrogens with one attached hydrogen (secondary N) is 1. The Kier molecular flexibility index (Phi) is 6.81. The first-order chi connectivity index (χ1) is 10.1. The summed E-state index contributed by atoms with van der Waals surface area (Å²) in [6.07, 6.45) is 1.97. The van der Waals surface area contributed by atoms with Crippen LogP contribution in [0.3, 0.4) is 0 Å². The highest BCUT2D eigenvalue weighted by Crippen LogP contribution is 2.33. The van der Waals surface area contributed by atoms with Crippen LogP contribution in [0.25, 0.3) is 0 Å². The van der Waals surface area contributed by atoms with Gasteiger partial charge in [-0.15, -0.1) is 0 Å². The molecular formula is C15H29N3O3S. The molecular weight excluding hydrogens is 302 g/mol. The molecule has 0 radical (unpaired) electrons. The Bertz CT molecular complexity index is 493. The van der Waals surface area contributed by atoms with Crippen molar-refractivity contribution in [2.24, 2.45) is 17.3 Å². The quantitative estimate of drug-likeness (QED) is 0.804. The standard InChI is InChI=1S/C15H29N3O3S/c1-12(9-16)11-18(5)22(19,20)17-10-13-7-6-8-21-14(13)15(2,3)4/h12-14,17H,6-8,10-11H2,1-5H3/t12-,13-,14-/m1/s1. The molecule has 6 nitrogen and oxygen atoms in total. The van der Waals surface area contributed by atoms with Crippen molar-refractivity contribution in [3.05, 3.63) is 0 Å². The second-order valence-corrected chi connectivity index (χ2v) is 9.09. The normalized spacial score (nSPS) is 25.0. The van der Waals surface area contributed by atoms with Crippen LogP contribution in [0.1, 0.15) is 40.5 Å². The van der Waals surface area contributed by atoms with Gasteiger partial charge in [0.15, 0.2) is 0 Å². The van der Waals surface area contributed by atoms with Crippen LogP contribution in [0.2, 0.25) is 0 Å². The highest BCUT2D eigenvalue weighted by molar-refractivity contribution is 7.87. The van der Waals surface area contributed by atoms with Crippen LogP contribution in [0, 0.1) is 28.6 Å². The lowest BCUT2D eigenvalue weighted by Gasteiger charge is -2.40. The number of nitrogens with zero attached hydrogens (tertiary/aromatic N) is 2. The Morgan fingerprint density at radius 3 is 2.64 bits per heavy atom. The van der Waals surface area contributed by atoms with E-state index in [1.165, 1.54) is 11.4 Å². The van der Waals surface area contributed by atoms with Gasteiger partial charge < -0.3 is 4.74 Å². The van der Waals surface area contributed by atoms with Crippen LogP contribution in [-0.4, -0.2) is 45.6 Å². The van der Waals surface area contributed by atoms with E-state index in [2.05, 4.69) is 25.5 Å². The average Bonchev–Trinajstić information content (AvgIpc) is 2.44. The molecule has 1 N–H and O–H groups in total. The maximum atomic E-state index is 12.2. The Morgan fingerprint density at radius 2 is 2.09 bits per heavy atom. The summed E-state index contributed by atoms with van der Waals surface area (Å²) >= 11 is 0. The summed E-state index contributed by atoms with van der Waals surface area (Å²) in [6.45, 7) is 9.36. The maximum Gasteiger partial charge on any atom is 0.279 e. The minimum atomic E-state index is -3.56. The van der Waals surface area contributed by atoms with E-state index < -0.39 is 10.2 Å². The number of ether oxygens (including phenoxy) is 1. The Hall–Kier alpha value is -0.680. The number of nitriles is 1. The summed E-state index contributed by atoms with van der Waals surface area (Å²) in [4.78, 5) is 0. The first kappa shape index (κ1) is 19.4. The predicted molar refractivity (Wildman–Crippen MR) is 86.2 cm³/mol. The second kappa shape index (κ2) is 7.73. The van der Waals surface area contributed by atoms with Crippen molar-refractivity contribution in [1.29, 1.82) is 5.26 Å². The summed E-state index contributed by atoms with van der Waals surface area (Å²) in [5, 5.41) is 8.80. The first-order valence-corrected chi connectivity index (χ1v) is 9.24. The molecule has 0 spiro atoms. The van der Waals surface area contributed by atoms with Crippen molar-refractivity contribution < 1.29 is 13.2 Å². The monoisotopic (exact) mass is 331 g/mol. The van der Waals surface area contributed by atoms with Gasteiger partial charge in [-0.2, -0.15) is 18.0 Å². The molecule has 0 unspecified atom stereocenters. The molecule has 128 valence electrons. The van der Waals surface area contributed by atoms with Gasteiger partial charge in [0.05, 0.1) is 18.1 Å². The van der Waals surface area contributed by atoms with E-state index in [0.29, 0.717) is 6.54 Å². The molecule has 1 rings (SSSR count). The third-order valence-electron chi connectivity index (χ3n) is 3.99. The van der Waals surface area contributed by atoms with Gasteiger partial charge in [-0.1, -0.05) is 20.8 Å². The second-order valence-electron chi connectivity index (χ2n) is 7.22. The molecule has 0 aromatic rings. The van der Waals surface area contributed by atoms with Crippen LogP contribution in [0.5, 0.6) is 0 Å². The van der Waals surface area contributed by atoms with E-state index in [9.17, 15) is 8.42 Å². The molecule has 1 heterocycles. The fourth-order valence-electron chi connectivity index (χ4n) is 2.86. The maximum absolute atomic E-state index is 12.2. The number of hydrogen-bond donors (Lipinski definition) is 1. The van der Waals surface area contributed by atoms with Crippen molar-refractivity contribution in [3.63, 3.8) is 0 Å². The van der Waals surface area contributed by atoms with E-state index in [0.717, 1.165) is 19.4 Å². The van der Waals surface area contributed by atoms with Crippen LogP contribution >= 0.6 is 0 Å². The van der Waals surface area contributed by atoms with E-state index in [1.807, 2.05) is 6.07 Å². The van der Waals surface area contributed by atoms with Gasteiger partial charge >= 0.3 is 0 Å². The first-order valence-electron chi connectivity index (χ1n) is 7.80. The van der Waals surface area contributed by atoms with Crippen LogP contribution in [-0.2, 0) is 14.9 Å². The van der Waals surface area contributed by atoms with E-state index >= 15 is 0 Å². The van der Waals surface area contributed by atoms with Crippen molar-refractivity contribution >= 4 is 10.2 Å². The van der Waals surface area contributed by atoms with Crippen molar-refractivity contribution in [2.75, 3.05) is 26.7 Å². The molecule has 0 saturated carbocycles. The van der Waals surface area contributed by atoms with E-state index in [4.69, 9.17) is 10.00 Å². The summed E-state index contributed by atoms with van der Waals surface area (Å²) in [5.41, 5.74) is -0.0161. The molecule has 7 heteroatoms. The van der Waals surface area contributed by atoms with Gasteiger partial charge in [0.25, 0.3) is 10.2 Å². The average molecular weight is 331 g/mol. The third-order valence-corrected chi connectivity index (χ3v) is 5.49. The molecule has 0 aromatic heterocycles. The van der Waals surface area contributed by atoms with Gasteiger partial charge in [-0.3, -0.25) is 0 Å². The molecule has 22 heavy (non-hydrogen) atoms. The molecule has 1 aliphatic heterocycles. The van der Waals surface area contributed by atoms with Crippen molar-refractivity contribution in [2.45, 2.75) is 46.6 Å². The Labute approximate surface area is 135 Å². The number of rotatable bonds is 6. The zero-order valence-electron chi connectivity index (χ0n) is 14.3.